The van der Waals surface area contributed by atoms with Gasteiger partial charge in [0.05, 0.1) is 17.2 Å². The quantitative estimate of drug-likeness (QED) is 0.322. The van der Waals surface area contributed by atoms with Gasteiger partial charge in [-0.15, -0.1) is 0 Å². The number of hydrogen-bond acceptors (Lipinski definition) is 9. The Morgan fingerprint density at radius 2 is 1.50 bits per heavy atom. The number of rotatable bonds is 4. The van der Waals surface area contributed by atoms with Crippen LogP contribution in [0.5, 0.6) is 17.2 Å². The van der Waals surface area contributed by atoms with Crippen LogP contribution in [0, 0.1) is 0 Å². The Morgan fingerprint density at radius 3 is 2.19 bits per heavy atom. The van der Waals surface area contributed by atoms with E-state index < -0.39 is 0 Å². The van der Waals surface area contributed by atoms with Crippen molar-refractivity contribution in [3.05, 3.63) is 29.3 Å². The lowest BCUT2D eigenvalue weighted by atomic mass is 10.0. The maximum atomic E-state index is 13.2. The van der Waals surface area contributed by atoms with Crippen LogP contribution in [0.4, 0.5) is 0 Å². The molecule has 36 heavy (non-hydrogen) atoms. The van der Waals surface area contributed by atoms with Crippen molar-refractivity contribution >= 4 is 34.2 Å². The van der Waals surface area contributed by atoms with Crippen molar-refractivity contribution in [3.63, 3.8) is 0 Å². The minimum absolute atomic E-state index is 0.0544. The van der Waals surface area contributed by atoms with Crippen molar-refractivity contribution in [2.45, 2.75) is 37.8 Å². The molecule has 0 bridgehead atoms. The van der Waals surface area contributed by atoms with E-state index in [0.29, 0.717) is 5.56 Å². The highest BCUT2D eigenvalue weighted by molar-refractivity contribution is 6.10. The van der Waals surface area contributed by atoms with Gasteiger partial charge >= 0.3 is 0 Å². The Morgan fingerprint density at radius 1 is 0.889 bits per heavy atom. The molecule has 10 nitrogen and oxygen atoms in total. The predicted octanol–water partition coefficient (Wildman–Crippen LogP) is 2.24. The van der Waals surface area contributed by atoms with Crippen LogP contribution in [0.3, 0.4) is 0 Å². The first-order chi connectivity index (χ1) is 17.3. The molecule has 0 unspecified atom stereocenters. The molecule has 0 atom stereocenters. The lowest BCUT2D eigenvalue weighted by Crippen LogP contribution is -2.43. The first-order valence-electron chi connectivity index (χ1n) is 12.4. The number of phenols is 3. The smallest absolute Gasteiger partial charge is 0.253 e. The third-order valence-electron chi connectivity index (χ3n) is 7.25. The Hall–Kier alpha value is -3.50. The maximum Gasteiger partial charge on any atom is 0.253 e. The molecule has 2 aliphatic rings. The second kappa shape index (κ2) is 9.87. The molecule has 3 heterocycles. The molecule has 2 saturated heterocycles. The number of nitrogens with one attached hydrogen (secondary N) is 1. The summed E-state index contributed by atoms with van der Waals surface area (Å²) < 4.78 is 0. The Balaban J connectivity index is 1.54. The number of piperidine rings is 2. The van der Waals surface area contributed by atoms with E-state index in [1.54, 1.807) is 6.21 Å². The molecule has 3 aromatic rings. The van der Waals surface area contributed by atoms with Gasteiger partial charge in [-0.1, -0.05) is 0 Å². The summed E-state index contributed by atoms with van der Waals surface area (Å²) in [6, 6.07) is 4.32. The van der Waals surface area contributed by atoms with E-state index in [1.807, 2.05) is 0 Å². The van der Waals surface area contributed by atoms with E-state index in [2.05, 4.69) is 44.2 Å². The first kappa shape index (κ1) is 24.2. The summed E-state index contributed by atoms with van der Waals surface area (Å²) in [5.74, 6) is -0.888. The second-order valence-corrected chi connectivity index (χ2v) is 9.94. The van der Waals surface area contributed by atoms with Gasteiger partial charge in [0.2, 0.25) is 0 Å². The fraction of sp³-hybridized carbons (Fsp3) is 0.462. The number of carbonyl (C=O) groups excluding carboxylic acids is 1. The lowest BCUT2D eigenvalue weighted by molar-refractivity contribution is 0.0918. The van der Waals surface area contributed by atoms with E-state index in [0.717, 1.165) is 51.9 Å². The summed E-state index contributed by atoms with van der Waals surface area (Å²) in [4.78, 5) is 31.4. The highest BCUT2D eigenvalue weighted by atomic mass is 16.3. The number of nitrogens with zero attached hydrogens (tertiary/aromatic N) is 5. The summed E-state index contributed by atoms with van der Waals surface area (Å²) in [5.41, 5.74) is 1.23. The van der Waals surface area contributed by atoms with E-state index in [1.165, 1.54) is 18.2 Å². The predicted molar refractivity (Wildman–Crippen MR) is 138 cm³/mol. The van der Waals surface area contributed by atoms with Crippen LogP contribution in [0.1, 0.15) is 41.6 Å². The fourth-order valence-electron chi connectivity index (χ4n) is 4.94. The summed E-state index contributed by atoms with van der Waals surface area (Å²) >= 11 is 0. The van der Waals surface area contributed by atoms with Gasteiger partial charge in [-0.25, -0.2) is 9.97 Å². The fourth-order valence-corrected chi connectivity index (χ4v) is 4.94. The monoisotopic (exact) mass is 492 g/mol. The number of hydrogen-bond donors (Lipinski definition) is 4. The number of phenolic OH excluding ortho intramolecular Hbond substituents is 3. The summed E-state index contributed by atoms with van der Waals surface area (Å²) in [5, 5.41) is 34.8. The number of benzene rings is 2. The molecule has 2 fully saturated rings. The number of likely N-dealkylation sites (tertiary alicyclic amines) is 2. The van der Waals surface area contributed by atoms with Crippen molar-refractivity contribution in [2.75, 3.05) is 40.3 Å². The Bertz CT molecular complexity index is 1330. The van der Waals surface area contributed by atoms with Gasteiger partial charge < -0.3 is 30.4 Å². The number of fused-ring (bicyclic) bond motifs is 2. The number of aliphatic imine (C=N–C) groups is 1. The molecule has 2 aliphatic heterocycles. The van der Waals surface area contributed by atoms with Crippen LogP contribution in [-0.2, 0) is 0 Å². The molecule has 10 heteroatoms. The topological polar surface area (TPSA) is 134 Å². The molecule has 5 rings (SSSR count). The zero-order valence-corrected chi connectivity index (χ0v) is 20.6. The van der Waals surface area contributed by atoms with Crippen LogP contribution < -0.4 is 5.32 Å². The van der Waals surface area contributed by atoms with E-state index in [9.17, 15) is 20.1 Å². The van der Waals surface area contributed by atoms with Crippen LogP contribution in [0.15, 0.2) is 23.2 Å². The van der Waals surface area contributed by atoms with E-state index in [-0.39, 0.29) is 62.9 Å². The van der Waals surface area contributed by atoms with Crippen LogP contribution >= 0.6 is 0 Å². The van der Waals surface area contributed by atoms with Gasteiger partial charge in [-0.2, -0.15) is 0 Å². The minimum Gasteiger partial charge on any atom is -0.507 e. The lowest BCUT2D eigenvalue weighted by Gasteiger charge is -2.29. The van der Waals surface area contributed by atoms with Crippen molar-refractivity contribution in [1.29, 1.82) is 0 Å². The number of aromatic nitrogens is 2. The zero-order chi connectivity index (χ0) is 25.4. The standard InChI is InChI=1S/C26H32N6O4/c1-31-9-5-15(6-10-31)27-14-18-20(34)13-21(35)25-23(18)30-24-19(33)4-3-17(22(24)29-25)26(36)28-16-7-11-32(2)12-8-16/h3-4,13-16,33-35H,5-12H2,1-2H3,(H,28,36)/b27-14+. The van der Waals surface area contributed by atoms with Gasteiger partial charge in [-0.05, 0) is 78.1 Å². The zero-order valence-electron chi connectivity index (χ0n) is 20.6. The molecule has 190 valence electrons. The van der Waals surface area contributed by atoms with Gasteiger partial charge in [-0.3, -0.25) is 9.79 Å². The molecule has 0 aliphatic carbocycles. The maximum absolute atomic E-state index is 13.2. The number of amides is 1. The largest absolute Gasteiger partial charge is 0.507 e. The van der Waals surface area contributed by atoms with Crippen molar-refractivity contribution in [2.24, 2.45) is 4.99 Å². The Labute approximate surface area is 209 Å². The molecule has 1 aromatic heterocycles. The van der Waals surface area contributed by atoms with Gasteiger partial charge in [0, 0.05) is 18.3 Å². The van der Waals surface area contributed by atoms with Crippen LogP contribution in [-0.4, -0.2) is 99.6 Å². The minimum atomic E-state index is -0.300. The number of aromatic hydroxyl groups is 3. The Kier molecular flexibility index (Phi) is 6.63. The van der Waals surface area contributed by atoms with E-state index >= 15 is 0 Å². The van der Waals surface area contributed by atoms with Crippen LogP contribution in [0.2, 0.25) is 0 Å². The van der Waals surface area contributed by atoms with Crippen molar-refractivity contribution < 1.29 is 20.1 Å². The molecular formula is C26H32N6O4. The third-order valence-corrected chi connectivity index (χ3v) is 7.25. The van der Waals surface area contributed by atoms with Crippen molar-refractivity contribution in [3.8, 4) is 17.2 Å². The third kappa shape index (κ3) is 4.78. The highest BCUT2D eigenvalue weighted by Crippen LogP contribution is 2.35. The summed E-state index contributed by atoms with van der Waals surface area (Å²) in [6.07, 6.45) is 5.10. The van der Waals surface area contributed by atoms with Gasteiger partial charge in [0.15, 0.2) is 0 Å². The van der Waals surface area contributed by atoms with E-state index in [4.69, 9.17) is 0 Å². The molecule has 0 radical (unpaired) electrons. The highest BCUT2D eigenvalue weighted by Gasteiger charge is 2.23. The second-order valence-electron chi connectivity index (χ2n) is 9.94. The average Bonchev–Trinajstić information content (AvgIpc) is 2.86. The molecule has 1 amide bonds. The average molecular weight is 493 g/mol. The van der Waals surface area contributed by atoms with Gasteiger partial charge in [0.1, 0.15) is 39.3 Å². The molecule has 0 spiro atoms. The molecule has 4 N–H and O–H groups in total. The molecular weight excluding hydrogens is 460 g/mol. The normalized spacial score (nSPS) is 18.9. The first-order valence-corrected chi connectivity index (χ1v) is 12.4. The van der Waals surface area contributed by atoms with Crippen LogP contribution in [0.25, 0.3) is 22.1 Å². The molecule has 0 saturated carbocycles. The van der Waals surface area contributed by atoms with Crippen molar-refractivity contribution in [1.82, 2.24) is 25.1 Å². The van der Waals surface area contributed by atoms with Gasteiger partial charge in [0.25, 0.3) is 5.91 Å². The summed E-state index contributed by atoms with van der Waals surface area (Å²) in [7, 11) is 4.14. The SMILES string of the molecule is CN1CCC(/N=C/c2c(O)cc(O)c3nc4c(C(=O)NC5CCN(C)CC5)ccc(O)c4nc23)CC1. The number of carbonyl (C=O) groups is 1. The summed E-state index contributed by atoms with van der Waals surface area (Å²) in [6.45, 7) is 3.71. The molecule has 2 aromatic carbocycles.